The predicted octanol–water partition coefficient (Wildman–Crippen LogP) is 3.69. The largest absolute Gasteiger partial charge is 0.494 e. The van der Waals surface area contributed by atoms with Gasteiger partial charge in [-0.2, -0.15) is 0 Å². The number of fused-ring (bicyclic) bond motifs is 1. The van der Waals surface area contributed by atoms with Gasteiger partial charge in [0.25, 0.3) is 0 Å². The fraction of sp³-hybridized carbons (Fsp3) is 0.286. The minimum absolute atomic E-state index is 0.0809. The van der Waals surface area contributed by atoms with E-state index in [1.54, 1.807) is 0 Å². The van der Waals surface area contributed by atoms with Gasteiger partial charge >= 0.3 is 0 Å². The Morgan fingerprint density at radius 1 is 1.17 bits per heavy atom. The number of carbonyl (C=O) groups is 1. The number of aromatic nitrogens is 3. The van der Waals surface area contributed by atoms with Gasteiger partial charge in [0.2, 0.25) is 11.1 Å². The molecule has 2 aromatic carbocycles. The molecule has 0 radical (unpaired) electrons. The highest BCUT2D eigenvalue weighted by Crippen LogP contribution is 2.38. The van der Waals surface area contributed by atoms with Gasteiger partial charge in [-0.25, -0.2) is 4.68 Å². The number of carbonyl (C=O) groups excluding carboxylic acids is 1. The molecular formula is C21H23N5O2S. The van der Waals surface area contributed by atoms with Crippen molar-refractivity contribution >= 4 is 23.4 Å². The number of nitrogens with one attached hydrogen (secondary N) is 2. The standard InChI is InChI=1S/C21H23N5O2S/c1-4-28-16-11-9-15(10-12-16)18-19(29-21-24-23-14(3)26(21)25-18)20(27)22-17-8-6-5-7-13(17)2/h5-12,18-19,25H,4H2,1-3H3,(H,22,27)/t18-,19+/m1/s1. The van der Waals surface area contributed by atoms with Crippen LogP contribution in [0.15, 0.2) is 53.7 Å². The van der Waals surface area contributed by atoms with E-state index in [1.165, 1.54) is 11.8 Å². The SMILES string of the molecule is CCOc1ccc([C@H]2Nn3c(C)nnc3S[C@@H]2C(=O)Nc2ccccc2C)cc1. The molecule has 3 aromatic rings. The van der Waals surface area contributed by atoms with E-state index < -0.39 is 5.25 Å². The molecule has 0 saturated heterocycles. The summed E-state index contributed by atoms with van der Waals surface area (Å²) in [5, 5.41) is 11.7. The lowest BCUT2D eigenvalue weighted by Gasteiger charge is -2.33. The third-order valence-corrected chi connectivity index (χ3v) is 6.03. The molecule has 0 bridgehead atoms. The molecule has 8 heteroatoms. The lowest BCUT2D eigenvalue weighted by atomic mass is 10.0. The molecule has 2 N–H and O–H groups in total. The number of nitrogens with zero attached hydrogens (tertiary/aromatic N) is 3. The third kappa shape index (κ3) is 3.93. The number of anilines is 1. The lowest BCUT2D eigenvalue weighted by Crippen LogP contribution is -2.41. The molecule has 0 spiro atoms. The second-order valence-electron chi connectivity index (χ2n) is 6.82. The van der Waals surface area contributed by atoms with Crippen molar-refractivity contribution in [1.82, 2.24) is 14.9 Å². The molecule has 0 aliphatic carbocycles. The van der Waals surface area contributed by atoms with Crippen molar-refractivity contribution in [2.24, 2.45) is 0 Å². The highest BCUT2D eigenvalue weighted by atomic mass is 32.2. The fourth-order valence-corrected chi connectivity index (χ4v) is 4.39. The zero-order valence-corrected chi connectivity index (χ0v) is 17.4. The molecule has 1 amide bonds. The van der Waals surface area contributed by atoms with Crippen molar-refractivity contribution in [1.29, 1.82) is 0 Å². The second-order valence-corrected chi connectivity index (χ2v) is 7.93. The van der Waals surface area contributed by atoms with Crippen molar-refractivity contribution in [2.45, 2.75) is 37.2 Å². The van der Waals surface area contributed by atoms with Gasteiger partial charge in [-0.1, -0.05) is 42.1 Å². The van der Waals surface area contributed by atoms with Crippen molar-refractivity contribution in [2.75, 3.05) is 17.3 Å². The average molecular weight is 410 g/mol. The van der Waals surface area contributed by atoms with Crippen molar-refractivity contribution < 1.29 is 9.53 Å². The van der Waals surface area contributed by atoms with Crippen LogP contribution in [0.4, 0.5) is 5.69 Å². The van der Waals surface area contributed by atoms with Crippen LogP contribution in [-0.2, 0) is 4.79 Å². The molecule has 7 nitrogen and oxygen atoms in total. The van der Waals surface area contributed by atoms with Crippen LogP contribution in [0.1, 0.15) is 29.9 Å². The van der Waals surface area contributed by atoms with Gasteiger partial charge in [-0.15, -0.1) is 10.2 Å². The van der Waals surface area contributed by atoms with Gasteiger partial charge in [0.15, 0.2) is 0 Å². The minimum atomic E-state index is -0.413. The number of para-hydroxylation sites is 1. The van der Waals surface area contributed by atoms with E-state index in [2.05, 4.69) is 20.9 Å². The summed E-state index contributed by atoms with van der Waals surface area (Å²) in [6.45, 7) is 6.43. The normalized spacial score (nSPS) is 17.9. The highest BCUT2D eigenvalue weighted by molar-refractivity contribution is 8.00. The Kier molecular flexibility index (Phi) is 5.44. The maximum absolute atomic E-state index is 13.2. The summed E-state index contributed by atoms with van der Waals surface area (Å²) in [4.78, 5) is 13.2. The van der Waals surface area contributed by atoms with Gasteiger partial charge in [0.05, 0.1) is 12.6 Å². The number of rotatable bonds is 5. The predicted molar refractivity (Wildman–Crippen MR) is 114 cm³/mol. The number of benzene rings is 2. The summed E-state index contributed by atoms with van der Waals surface area (Å²) in [5.74, 6) is 1.48. The quantitative estimate of drug-likeness (QED) is 0.669. The summed E-state index contributed by atoms with van der Waals surface area (Å²) >= 11 is 1.41. The number of aryl methyl sites for hydroxylation is 2. The number of hydrogen-bond donors (Lipinski definition) is 2. The maximum atomic E-state index is 13.2. The van der Waals surface area contributed by atoms with E-state index in [0.717, 1.165) is 28.4 Å². The molecule has 1 aliphatic rings. The number of amides is 1. The van der Waals surface area contributed by atoms with Gasteiger partial charge in [0, 0.05) is 5.69 Å². The van der Waals surface area contributed by atoms with Crippen molar-refractivity contribution in [3.63, 3.8) is 0 Å². The molecule has 1 aliphatic heterocycles. The van der Waals surface area contributed by atoms with Gasteiger partial charge < -0.3 is 15.5 Å². The Bertz CT molecular complexity index is 1020. The molecule has 29 heavy (non-hydrogen) atoms. The van der Waals surface area contributed by atoms with Crippen LogP contribution in [0.3, 0.4) is 0 Å². The number of thioether (sulfide) groups is 1. The van der Waals surface area contributed by atoms with Crippen molar-refractivity contribution in [3.05, 3.63) is 65.5 Å². The molecule has 0 saturated carbocycles. The van der Waals surface area contributed by atoms with Gasteiger partial charge in [-0.3, -0.25) is 4.79 Å². The lowest BCUT2D eigenvalue weighted by molar-refractivity contribution is -0.116. The van der Waals surface area contributed by atoms with Crippen LogP contribution in [-0.4, -0.2) is 32.6 Å². The number of ether oxygens (including phenoxy) is 1. The van der Waals surface area contributed by atoms with Crippen LogP contribution < -0.4 is 15.5 Å². The highest BCUT2D eigenvalue weighted by Gasteiger charge is 2.37. The maximum Gasteiger partial charge on any atom is 0.240 e. The minimum Gasteiger partial charge on any atom is -0.494 e. The molecule has 0 fully saturated rings. The third-order valence-electron chi connectivity index (χ3n) is 4.81. The first-order chi connectivity index (χ1) is 14.1. The molecule has 150 valence electrons. The van der Waals surface area contributed by atoms with Gasteiger partial charge in [-0.05, 0) is 50.1 Å². The monoisotopic (exact) mass is 409 g/mol. The summed E-state index contributed by atoms with van der Waals surface area (Å²) in [6.07, 6.45) is 0. The zero-order valence-electron chi connectivity index (χ0n) is 16.5. The van der Waals surface area contributed by atoms with Crippen molar-refractivity contribution in [3.8, 4) is 5.75 Å². The van der Waals surface area contributed by atoms with Crippen LogP contribution in [0, 0.1) is 13.8 Å². The number of hydrogen-bond acceptors (Lipinski definition) is 6. The van der Waals surface area contributed by atoms with Crippen LogP contribution >= 0.6 is 11.8 Å². The summed E-state index contributed by atoms with van der Waals surface area (Å²) < 4.78 is 7.38. The van der Waals surface area contributed by atoms with Crippen LogP contribution in [0.2, 0.25) is 0 Å². The van der Waals surface area contributed by atoms with E-state index in [-0.39, 0.29) is 11.9 Å². The van der Waals surface area contributed by atoms with Crippen LogP contribution in [0.5, 0.6) is 5.75 Å². The van der Waals surface area contributed by atoms with Crippen LogP contribution in [0.25, 0.3) is 0 Å². The van der Waals surface area contributed by atoms with Gasteiger partial charge in [0.1, 0.15) is 16.8 Å². The first-order valence-corrected chi connectivity index (χ1v) is 10.4. The van der Waals surface area contributed by atoms with E-state index >= 15 is 0 Å². The fourth-order valence-electron chi connectivity index (χ4n) is 3.27. The average Bonchev–Trinajstić information content (AvgIpc) is 3.10. The van der Waals surface area contributed by atoms with E-state index in [1.807, 2.05) is 74.0 Å². The molecule has 2 atom stereocenters. The molecule has 2 heterocycles. The second kappa shape index (κ2) is 8.16. The Morgan fingerprint density at radius 2 is 1.93 bits per heavy atom. The van der Waals surface area contributed by atoms with E-state index in [4.69, 9.17) is 4.74 Å². The zero-order chi connectivity index (χ0) is 20.4. The molecular weight excluding hydrogens is 386 g/mol. The molecule has 0 unspecified atom stereocenters. The first-order valence-electron chi connectivity index (χ1n) is 9.51. The summed E-state index contributed by atoms with van der Waals surface area (Å²) in [6, 6.07) is 15.3. The Balaban J connectivity index is 1.65. The molecule has 4 rings (SSSR count). The van der Waals surface area contributed by atoms with E-state index in [9.17, 15) is 4.79 Å². The first kappa shape index (κ1) is 19.3. The Morgan fingerprint density at radius 3 is 2.66 bits per heavy atom. The summed E-state index contributed by atoms with van der Waals surface area (Å²) in [7, 11) is 0. The molecule has 1 aromatic heterocycles. The Labute approximate surface area is 173 Å². The smallest absolute Gasteiger partial charge is 0.240 e. The summed E-state index contributed by atoms with van der Waals surface area (Å²) in [5.41, 5.74) is 6.24. The van der Waals surface area contributed by atoms with E-state index in [0.29, 0.717) is 11.8 Å². The Hall–Kier alpha value is -3.00. The topological polar surface area (TPSA) is 81.1 Å².